The molecule has 1 aliphatic heterocycles. The molecule has 1 amide bonds. The van der Waals surface area contributed by atoms with Crippen LogP contribution in [0.25, 0.3) is 5.76 Å². The number of ether oxygens (including phenoxy) is 1. The number of benzene rings is 1. The van der Waals surface area contributed by atoms with Gasteiger partial charge in [-0.3, -0.25) is 9.59 Å². The summed E-state index contributed by atoms with van der Waals surface area (Å²) in [4.78, 5) is 27.0. The summed E-state index contributed by atoms with van der Waals surface area (Å²) < 4.78 is 16.2. The molecule has 0 spiro atoms. The van der Waals surface area contributed by atoms with Crippen LogP contribution < -0.4 is 4.74 Å². The molecule has 1 atom stereocenters. The fourth-order valence-electron chi connectivity index (χ4n) is 3.41. The van der Waals surface area contributed by atoms with Gasteiger partial charge in [-0.15, -0.1) is 0 Å². The van der Waals surface area contributed by atoms with Crippen LogP contribution in [-0.2, 0) is 16.1 Å². The van der Waals surface area contributed by atoms with Gasteiger partial charge in [0.05, 0.1) is 25.5 Å². The normalized spacial score (nSPS) is 18.4. The van der Waals surface area contributed by atoms with Crippen LogP contribution in [0.3, 0.4) is 0 Å². The second-order valence-corrected chi connectivity index (χ2v) is 6.68. The van der Waals surface area contributed by atoms with Crippen LogP contribution in [0, 0.1) is 6.92 Å². The van der Waals surface area contributed by atoms with Crippen molar-refractivity contribution in [1.82, 2.24) is 4.90 Å². The first kappa shape index (κ1) is 18.6. The summed E-state index contributed by atoms with van der Waals surface area (Å²) in [6, 6.07) is 12.6. The van der Waals surface area contributed by atoms with E-state index < -0.39 is 17.7 Å². The molecule has 148 valence electrons. The van der Waals surface area contributed by atoms with Crippen molar-refractivity contribution < 1.29 is 28.3 Å². The highest BCUT2D eigenvalue weighted by molar-refractivity contribution is 6.46. The van der Waals surface area contributed by atoms with E-state index in [9.17, 15) is 14.7 Å². The Bertz CT molecular complexity index is 1070. The van der Waals surface area contributed by atoms with Gasteiger partial charge in [-0.2, -0.15) is 0 Å². The number of nitrogens with zero attached hydrogens (tertiary/aromatic N) is 1. The summed E-state index contributed by atoms with van der Waals surface area (Å²) in [5.41, 5.74) is 0.371. The molecule has 0 bridgehead atoms. The molecule has 1 N–H and O–H groups in total. The van der Waals surface area contributed by atoms with E-state index in [4.69, 9.17) is 13.6 Å². The van der Waals surface area contributed by atoms with Crippen molar-refractivity contribution in [3.8, 4) is 5.75 Å². The Hall–Kier alpha value is -3.74. The predicted octanol–water partition coefficient (Wildman–Crippen LogP) is 3.81. The molecule has 2 aromatic heterocycles. The molecule has 29 heavy (non-hydrogen) atoms. The highest BCUT2D eigenvalue weighted by atomic mass is 16.5. The largest absolute Gasteiger partial charge is 0.507 e. The Labute approximate surface area is 166 Å². The lowest BCUT2D eigenvalue weighted by Gasteiger charge is -2.22. The maximum Gasteiger partial charge on any atom is 0.296 e. The zero-order valence-electron chi connectivity index (χ0n) is 15.9. The molecule has 1 aliphatic rings. The Morgan fingerprint density at radius 1 is 1.14 bits per heavy atom. The molecule has 0 radical (unpaired) electrons. The number of aliphatic hydroxyl groups excluding tert-OH is 1. The molecule has 3 aromatic rings. The lowest BCUT2D eigenvalue weighted by molar-refractivity contribution is -0.140. The number of likely N-dealkylation sites (tertiary alicyclic amines) is 1. The predicted molar refractivity (Wildman–Crippen MR) is 103 cm³/mol. The molecular formula is C22H19NO6. The van der Waals surface area contributed by atoms with E-state index in [2.05, 4.69) is 0 Å². The summed E-state index contributed by atoms with van der Waals surface area (Å²) in [6.45, 7) is 1.84. The van der Waals surface area contributed by atoms with Gasteiger partial charge in [-0.25, -0.2) is 0 Å². The lowest BCUT2D eigenvalue weighted by Crippen LogP contribution is -2.28. The van der Waals surface area contributed by atoms with Crippen molar-refractivity contribution >= 4 is 17.4 Å². The van der Waals surface area contributed by atoms with Crippen LogP contribution in [0.5, 0.6) is 5.75 Å². The number of carbonyl (C=O) groups is 2. The standard InChI is InChI=1S/C22H19NO6/c1-13-5-10-17(29-13)19-18(20(24)14-6-8-15(27-2)9-7-14)21(25)22(26)23(19)12-16-4-3-11-28-16/h3-11,19,24H,12H2,1-2H3/b20-18-. The molecule has 1 saturated heterocycles. The average molecular weight is 393 g/mol. The van der Waals surface area contributed by atoms with E-state index in [0.29, 0.717) is 28.6 Å². The van der Waals surface area contributed by atoms with Gasteiger partial charge in [-0.05, 0) is 55.5 Å². The van der Waals surface area contributed by atoms with Crippen LogP contribution in [0.4, 0.5) is 0 Å². The van der Waals surface area contributed by atoms with Crippen molar-refractivity contribution in [2.24, 2.45) is 0 Å². The number of methoxy groups -OCH3 is 1. The Kier molecular flexibility index (Phi) is 4.72. The number of aryl methyl sites for hydroxylation is 1. The molecular weight excluding hydrogens is 374 g/mol. The average Bonchev–Trinajstić information content (AvgIpc) is 3.45. The van der Waals surface area contributed by atoms with Crippen LogP contribution in [0.15, 0.2) is 69.2 Å². The van der Waals surface area contributed by atoms with Gasteiger partial charge in [0.1, 0.15) is 34.8 Å². The molecule has 7 heteroatoms. The number of aliphatic hydroxyl groups is 1. The van der Waals surface area contributed by atoms with Crippen molar-refractivity contribution in [2.75, 3.05) is 7.11 Å². The van der Waals surface area contributed by atoms with E-state index in [1.54, 1.807) is 55.5 Å². The maximum absolute atomic E-state index is 12.9. The van der Waals surface area contributed by atoms with Crippen LogP contribution >= 0.6 is 0 Å². The Balaban J connectivity index is 1.83. The van der Waals surface area contributed by atoms with Crippen molar-refractivity contribution in [2.45, 2.75) is 19.5 Å². The first-order valence-corrected chi connectivity index (χ1v) is 9.01. The molecule has 1 aromatic carbocycles. The van der Waals surface area contributed by atoms with E-state index in [1.807, 2.05) is 0 Å². The third-order valence-electron chi connectivity index (χ3n) is 4.84. The van der Waals surface area contributed by atoms with E-state index in [1.165, 1.54) is 18.3 Å². The number of rotatable bonds is 5. The second-order valence-electron chi connectivity index (χ2n) is 6.68. The number of furan rings is 2. The van der Waals surface area contributed by atoms with Gasteiger partial charge in [0, 0.05) is 5.56 Å². The first-order chi connectivity index (χ1) is 14.0. The second kappa shape index (κ2) is 7.35. The van der Waals surface area contributed by atoms with Gasteiger partial charge < -0.3 is 23.6 Å². The summed E-state index contributed by atoms with van der Waals surface area (Å²) in [5, 5.41) is 10.9. The van der Waals surface area contributed by atoms with E-state index >= 15 is 0 Å². The van der Waals surface area contributed by atoms with Gasteiger partial charge in [0.15, 0.2) is 0 Å². The summed E-state index contributed by atoms with van der Waals surface area (Å²) >= 11 is 0. The zero-order valence-corrected chi connectivity index (χ0v) is 15.9. The molecule has 0 saturated carbocycles. The Morgan fingerprint density at radius 2 is 1.90 bits per heavy atom. The summed E-state index contributed by atoms with van der Waals surface area (Å²) in [6.07, 6.45) is 1.50. The molecule has 1 unspecified atom stereocenters. The number of amides is 1. The number of ketones is 1. The summed E-state index contributed by atoms with van der Waals surface area (Å²) in [5.74, 6) is 0.380. The van der Waals surface area contributed by atoms with Gasteiger partial charge >= 0.3 is 0 Å². The van der Waals surface area contributed by atoms with Crippen LogP contribution in [0.2, 0.25) is 0 Å². The minimum absolute atomic E-state index is 0.0268. The van der Waals surface area contributed by atoms with E-state index in [0.717, 1.165) is 0 Å². The highest BCUT2D eigenvalue weighted by Gasteiger charge is 2.47. The van der Waals surface area contributed by atoms with Gasteiger partial charge in [0.25, 0.3) is 11.7 Å². The lowest BCUT2D eigenvalue weighted by atomic mass is 9.99. The number of hydrogen-bond donors (Lipinski definition) is 1. The minimum atomic E-state index is -0.865. The number of hydrogen-bond acceptors (Lipinski definition) is 6. The molecule has 3 heterocycles. The minimum Gasteiger partial charge on any atom is -0.507 e. The zero-order chi connectivity index (χ0) is 20.5. The Morgan fingerprint density at radius 3 is 2.48 bits per heavy atom. The van der Waals surface area contributed by atoms with Gasteiger partial charge in [0.2, 0.25) is 0 Å². The first-order valence-electron chi connectivity index (χ1n) is 9.01. The third kappa shape index (κ3) is 3.31. The van der Waals surface area contributed by atoms with Gasteiger partial charge in [-0.1, -0.05) is 0 Å². The third-order valence-corrected chi connectivity index (χ3v) is 4.84. The fourth-order valence-corrected chi connectivity index (χ4v) is 3.41. The maximum atomic E-state index is 12.9. The number of Topliss-reactive ketones (excluding diaryl/α,β-unsaturated/α-hetero) is 1. The van der Waals surface area contributed by atoms with Crippen molar-refractivity contribution in [3.05, 3.63) is 83.2 Å². The number of carbonyl (C=O) groups excluding carboxylic acids is 2. The van der Waals surface area contributed by atoms with Crippen LogP contribution in [-0.4, -0.2) is 28.8 Å². The topological polar surface area (TPSA) is 93.1 Å². The highest BCUT2D eigenvalue weighted by Crippen LogP contribution is 2.41. The monoisotopic (exact) mass is 393 g/mol. The molecule has 7 nitrogen and oxygen atoms in total. The molecule has 1 fully saturated rings. The SMILES string of the molecule is COc1ccc(/C(O)=C2/C(=O)C(=O)N(Cc3ccco3)C2c2ccc(C)o2)cc1. The smallest absolute Gasteiger partial charge is 0.296 e. The summed E-state index contributed by atoms with van der Waals surface area (Å²) in [7, 11) is 1.54. The van der Waals surface area contributed by atoms with E-state index in [-0.39, 0.29) is 17.9 Å². The van der Waals surface area contributed by atoms with Crippen LogP contribution in [0.1, 0.15) is 28.9 Å². The van der Waals surface area contributed by atoms with Crippen molar-refractivity contribution in [3.63, 3.8) is 0 Å². The molecule has 4 rings (SSSR count). The quantitative estimate of drug-likeness (QED) is 0.402. The van der Waals surface area contributed by atoms with Crippen molar-refractivity contribution in [1.29, 1.82) is 0 Å². The molecule has 0 aliphatic carbocycles. The fraction of sp³-hybridized carbons (Fsp3) is 0.182.